The second-order valence-corrected chi connectivity index (χ2v) is 13.1. The zero-order valence-electron chi connectivity index (χ0n) is 26.7. The van der Waals surface area contributed by atoms with Gasteiger partial charge in [0, 0.05) is 45.4 Å². The maximum atomic E-state index is 6.23. The molecule has 2 aliphatic rings. The number of hydrogen-bond acceptors (Lipinski definition) is 5. The summed E-state index contributed by atoms with van der Waals surface area (Å²) in [6.45, 7) is 27.7. The largest absolute Gasteiger partial charge is 0.375 e. The molecule has 0 heterocycles. The summed E-state index contributed by atoms with van der Waals surface area (Å²) in [7, 11) is 0. The summed E-state index contributed by atoms with van der Waals surface area (Å²) >= 11 is 0. The summed E-state index contributed by atoms with van der Waals surface area (Å²) in [5.41, 5.74) is 0.716. The van der Waals surface area contributed by atoms with Gasteiger partial charge < -0.3 is 23.7 Å². The van der Waals surface area contributed by atoms with Crippen molar-refractivity contribution in [1.82, 2.24) is 0 Å². The highest BCUT2D eigenvalue weighted by molar-refractivity contribution is 4.92. The fraction of sp³-hybridized carbons (Fsp3) is 1.00. The lowest BCUT2D eigenvalue weighted by Gasteiger charge is -2.45. The summed E-state index contributed by atoms with van der Waals surface area (Å²) in [5.74, 6) is 0.752. The zero-order valence-corrected chi connectivity index (χ0v) is 26.7. The standard InChI is InChI=1S/C18H36O3.C14H28O2/c1-7-19-16(20-8-2)14-18(6,21-9-3)15-11-10-12-17(4,5)13-15;1-6-15-14(5,16-7-2)12-9-8-10-13(3,4)11-12/h15-16H,7-14H2,1-6H3;12H,6-11H2,1-5H3. The molecule has 0 saturated heterocycles. The van der Waals surface area contributed by atoms with Crippen LogP contribution in [0.1, 0.15) is 134 Å². The highest BCUT2D eigenvalue weighted by atomic mass is 16.7. The first-order valence-corrected chi connectivity index (χ1v) is 15.4. The molecule has 0 spiro atoms. The Morgan fingerprint density at radius 3 is 1.49 bits per heavy atom. The van der Waals surface area contributed by atoms with E-state index in [2.05, 4.69) is 48.5 Å². The van der Waals surface area contributed by atoms with Gasteiger partial charge in [0.25, 0.3) is 0 Å². The third kappa shape index (κ3) is 11.8. The predicted octanol–water partition coefficient (Wildman–Crippen LogP) is 8.78. The molecule has 2 rings (SSSR count). The van der Waals surface area contributed by atoms with Crippen molar-refractivity contribution in [2.24, 2.45) is 22.7 Å². The number of hydrogen-bond donors (Lipinski definition) is 0. The molecule has 5 nitrogen and oxygen atoms in total. The maximum absolute atomic E-state index is 6.23. The van der Waals surface area contributed by atoms with Gasteiger partial charge in [-0.25, -0.2) is 0 Å². The average molecular weight is 529 g/mol. The Kier molecular flexibility index (Phi) is 15.2. The van der Waals surface area contributed by atoms with Crippen molar-refractivity contribution in [2.45, 2.75) is 152 Å². The monoisotopic (exact) mass is 528 g/mol. The van der Waals surface area contributed by atoms with Gasteiger partial charge in [-0.2, -0.15) is 0 Å². The van der Waals surface area contributed by atoms with Crippen LogP contribution in [0.5, 0.6) is 0 Å². The van der Waals surface area contributed by atoms with Crippen LogP contribution in [0.3, 0.4) is 0 Å². The zero-order chi connectivity index (χ0) is 28.2. The smallest absolute Gasteiger partial charge is 0.168 e. The first-order chi connectivity index (χ1) is 17.3. The Hall–Kier alpha value is -0.200. The van der Waals surface area contributed by atoms with Gasteiger partial charge in [0.05, 0.1) is 5.60 Å². The van der Waals surface area contributed by atoms with Crippen LogP contribution in [-0.2, 0) is 23.7 Å². The topological polar surface area (TPSA) is 46.2 Å². The Balaban J connectivity index is 0.000000384. The summed E-state index contributed by atoms with van der Waals surface area (Å²) in [4.78, 5) is 0. The molecule has 0 N–H and O–H groups in total. The van der Waals surface area contributed by atoms with E-state index in [1.807, 2.05) is 27.7 Å². The van der Waals surface area contributed by atoms with Crippen molar-refractivity contribution in [2.75, 3.05) is 33.0 Å². The molecular formula is C32H64O5. The van der Waals surface area contributed by atoms with Gasteiger partial charge in [0.1, 0.15) is 0 Å². The quantitative estimate of drug-likeness (QED) is 0.211. The molecule has 0 amide bonds. The first-order valence-electron chi connectivity index (χ1n) is 15.4. The fourth-order valence-electron chi connectivity index (χ4n) is 6.76. The molecule has 37 heavy (non-hydrogen) atoms. The van der Waals surface area contributed by atoms with E-state index in [0.29, 0.717) is 35.9 Å². The van der Waals surface area contributed by atoms with E-state index < -0.39 is 0 Å². The van der Waals surface area contributed by atoms with Crippen molar-refractivity contribution in [3.63, 3.8) is 0 Å². The van der Waals surface area contributed by atoms with Crippen LogP contribution in [0.25, 0.3) is 0 Å². The van der Waals surface area contributed by atoms with E-state index in [9.17, 15) is 0 Å². The minimum Gasteiger partial charge on any atom is -0.375 e. The van der Waals surface area contributed by atoms with E-state index in [-0.39, 0.29) is 17.7 Å². The Morgan fingerprint density at radius 2 is 1.08 bits per heavy atom. The van der Waals surface area contributed by atoms with Gasteiger partial charge in [-0.3, -0.25) is 0 Å². The normalized spacial score (nSPS) is 25.3. The van der Waals surface area contributed by atoms with Gasteiger partial charge in [0.2, 0.25) is 0 Å². The second kappa shape index (κ2) is 16.2. The Morgan fingerprint density at radius 1 is 0.649 bits per heavy atom. The molecule has 5 heteroatoms. The summed E-state index contributed by atoms with van der Waals surface area (Å²) in [6, 6.07) is 0. The molecule has 0 aromatic heterocycles. The summed E-state index contributed by atoms with van der Waals surface area (Å²) in [5, 5.41) is 0. The third-order valence-electron chi connectivity index (χ3n) is 8.63. The van der Waals surface area contributed by atoms with Crippen molar-refractivity contribution in [1.29, 1.82) is 0 Å². The first kappa shape index (κ1) is 34.8. The van der Waals surface area contributed by atoms with Gasteiger partial charge in [-0.15, -0.1) is 0 Å². The van der Waals surface area contributed by atoms with Crippen molar-refractivity contribution in [3.8, 4) is 0 Å². The Bertz CT molecular complexity index is 592. The molecular weight excluding hydrogens is 464 g/mol. The molecule has 0 aromatic rings. The molecule has 0 aliphatic heterocycles. The fourth-order valence-corrected chi connectivity index (χ4v) is 6.76. The van der Waals surface area contributed by atoms with Crippen molar-refractivity contribution in [3.05, 3.63) is 0 Å². The molecule has 0 radical (unpaired) electrons. The SMILES string of the molecule is CCOC(C)(OCC)C1CCCC(C)(C)C1.CCOC(CC(C)(OCC)C1CCCC(C)(C)C1)OCC. The molecule has 2 fully saturated rings. The van der Waals surface area contributed by atoms with Crippen LogP contribution in [0.2, 0.25) is 0 Å². The molecule has 222 valence electrons. The minimum absolute atomic E-state index is 0.151. The van der Waals surface area contributed by atoms with Gasteiger partial charge in [-0.05, 0) is 104 Å². The lowest BCUT2D eigenvalue weighted by atomic mass is 9.66. The van der Waals surface area contributed by atoms with Gasteiger partial charge in [0.15, 0.2) is 12.1 Å². The molecule has 0 bridgehead atoms. The summed E-state index contributed by atoms with van der Waals surface area (Å²) in [6.07, 6.45) is 10.9. The van der Waals surface area contributed by atoms with E-state index in [1.165, 1.54) is 51.4 Å². The Labute approximate surface area is 231 Å². The molecule has 2 saturated carbocycles. The number of ether oxygens (including phenoxy) is 5. The van der Waals surface area contributed by atoms with Crippen LogP contribution in [0.4, 0.5) is 0 Å². The van der Waals surface area contributed by atoms with E-state index in [0.717, 1.165) is 26.2 Å². The highest BCUT2D eigenvalue weighted by Crippen LogP contribution is 2.46. The molecule has 2 aliphatic carbocycles. The third-order valence-corrected chi connectivity index (χ3v) is 8.63. The van der Waals surface area contributed by atoms with Gasteiger partial charge >= 0.3 is 0 Å². The van der Waals surface area contributed by atoms with Crippen LogP contribution < -0.4 is 0 Å². The minimum atomic E-state index is -0.374. The lowest BCUT2D eigenvalue weighted by Crippen LogP contribution is -2.45. The molecule has 0 aromatic carbocycles. The van der Waals surface area contributed by atoms with E-state index >= 15 is 0 Å². The number of rotatable bonds is 14. The van der Waals surface area contributed by atoms with Crippen molar-refractivity contribution >= 4 is 0 Å². The highest BCUT2D eigenvalue weighted by Gasteiger charge is 2.43. The molecule has 3 atom stereocenters. The predicted molar refractivity (Wildman–Crippen MR) is 155 cm³/mol. The maximum Gasteiger partial charge on any atom is 0.168 e. The van der Waals surface area contributed by atoms with Crippen LogP contribution in [0, 0.1) is 22.7 Å². The van der Waals surface area contributed by atoms with Crippen LogP contribution in [-0.4, -0.2) is 50.7 Å². The van der Waals surface area contributed by atoms with Crippen LogP contribution in [0.15, 0.2) is 0 Å². The molecule has 3 unspecified atom stereocenters. The lowest BCUT2D eigenvalue weighted by molar-refractivity contribution is -0.261. The summed E-state index contributed by atoms with van der Waals surface area (Å²) < 4.78 is 29.5. The van der Waals surface area contributed by atoms with Crippen molar-refractivity contribution < 1.29 is 23.7 Å². The van der Waals surface area contributed by atoms with E-state index in [1.54, 1.807) is 0 Å². The second-order valence-electron chi connectivity index (χ2n) is 13.1. The van der Waals surface area contributed by atoms with E-state index in [4.69, 9.17) is 23.7 Å². The van der Waals surface area contributed by atoms with Crippen LogP contribution >= 0.6 is 0 Å². The average Bonchev–Trinajstić information content (AvgIpc) is 2.79. The van der Waals surface area contributed by atoms with Gasteiger partial charge in [-0.1, -0.05) is 40.5 Å².